The molecule has 4 heterocycles. The van der Waals surface area contributed by atoms with Gasteiger partial charge in [0.05, 0.1) is 12.2 Å². The zero-order valence-corrected chi connectivity index (χ0v) is 15.3. The summed E-state index contributed by atoms with van der Waals surface area (Å²) in [7, 11) is 0. The molecule has 0 spiro atoms. The number of hydrogen-bond donors (Lipinski definition) is 0. The normalized spacial score (nSPS) is 29.0. The van der Waals surface area contributed by atoms with Crippen LogP contribution >= 0.6 is 0 Å². The second-order valence-corrected chi connectivity index (χ2v) is 7.77. The van der Waals surface area contributed by atoms with Crippen molar-refractivity contribution >= 4 is 11.8 Å². The lowest BCUT2D eigenvalue weighted by atomic mass is 9.98. The van der Waals surface area contributed by atoms with E-state index < -0.39 is 0 Å². The molecule has 2 bridgehead atoms. The summed E-state index contributed by atoms with van der Waals surface area (Å²) in [6.07, 6.45) is 9.73. The number of aromatic nitrogens is 1. The number of fused-ring (bicyclic) bond motifs is 2. The van der Waals surface area contributed by atoms with Crippen molar-refractivity contribution in [1.29, 1.82) is 0 Å². The van der Waals surface area contributed by atoms with Crippen LogP contribution in [0, 0.1) is 0 Å². The Morgan fingerprint density at radius 2 is 1.62 bits per heavy atom. The molecule has 4 rings (SSSR count). The van der Waals surface area contributed by atoms with Gasteiger partial charge in [0.2, 0.25) is 5.91 Å². The zero-order chi connectivity index (χ0) is 18.1. The van der Waals surface area contributed by atoms with E-state index in [1.807, 2.05) is 4.90 Å². The van der Waals surface area contributed by atoms with Gasteiger partial charge in [-0.25, -0.2) is 0 Å². The van der Waals surface area contributed by atoms with Gasteiger partial charge in [0.1, 0.15) is 0 Å². The third-order valence-corrected chi connectivity index (χ3v) is 6.09. The molecule has 0 aliphatic carbocycles. The van der Waals surface area contributed by atoms with Crippen LogP contribution < -0.4 is 0 Å². The number of piperidine rings is 2. The highest BCUT2D eigenvalue weighted by Gasteiger charge is 2.43. The molecular weight excluding hydrogens is 330 g/mol. The maximum absolute atomic E-state index is 12.5. The highest BCUT2D eigenvalue weighted by molar-refractivity contribution is 5.94. The van der Waals surface area contributed by atoms with Crippen LogP contribution in [0.15, 0.2) is 24.5 Å². The minimum absolute atomic E-state index is 0.0821. The molecule has 1 aromatic rings. The topological polar surface area (TPSA) is 62.7 Å². The first-order chi connectivity index (χ1) is 12.6. The van der Waals surface area contributed by atoms with E-state index in [-0.39, 0.29) is 24.0 Å². The van der Waals surface area contributed by atoms with Crippen molar-refractivity contribution in [3.05, 3.63) is 30.1 Å². The molecule has 3 fully saturated rings. The first-order valence-corrected chi connectivity index (χ1v) is 9.75. The van der Waals surface area contributed by atoms with Crippen molar-refractivity contribution in [1.82, 2.24) is 14.8 Å². The fraction of sp³-hybridized carbons (Fsp3) is 0.650. The van der Waals surface area contributed by atoms with Gasteiger partial charge < -0.3 is 14.5 Å². The fourth-order valence-electron chi connectivity index (χ4n) is 4.90. The van der Waals surface area contributed by atoms with Gasteiger partial charge in [0.25, 0.3) is 5.91 Å². The third-order valence-electron chi connectivity index (χ3n) is 6.09. The summed E-state index contributed by atoms with van der Waals surface area (Å²) in [5.74, 6) is 0.289. The van der Waals surface area contributed by atoms with Crippen LogP contribution in [0.4, 0.5) is 0 Å². The Kier molecular flexibility index (Phi) is 4.94. The second kappa shape index (κ2) is 7.35. The highest BCUT2D eigenvalue weighted by atomic mass is 16.5. The quantitative estimate of drug-likeness (QED) is 0.832. The largest absolute Gasteiger partial charge is 0.375 e. The summed E-state index contributed by atoms with van der Waals surface area (Å²) in [6.45, 7) is 3.16. The standard InChI is InChI=1S/C20H27N3O3/c1-14(24)23-16-2-3-17(23)13-19(12-16)26-18-6-10-22(11-7-18)20(25)15-4-8-21-9-5-15/h4-5,8-9,16-19H,2-3,6-7,10-13H2,1H3/t16-,17+,19?. The van der Waals surface area contributed by atoms with Crippen LogP contribution in [0.3, 0.4) is 0 Å². The summed E-state index contributed by atoms with van der Waals surface area (Å²) < 4.78 is 6.39. The Balaban J connectivity index is 1.27. The van der Waals surface area contributed by atoms with Gasteiger partial charge >= 0.3 is 0 Å². The molecule has 0 radical (unpaired) electrons. The fourth-order valence-corrected chi connectivity index (χ4v) is 4.90. The molecule has 0 saturated carbocycles. The molecule has 6 heteroatoms. The summed E-state index contributed by atoms with van der Waals surface area (Å²) in [4.78, 5) is 32.3. The SMILES string of the molecule is CC(=O)N1[C@@H]2CC[C@H]1CC(OC1CCN(C(=O)c3ccncc3)CC1)C2. The van der Waals surface area contributed by atoms with E-state index in [9.17, 15) is 9.59 Å². The number of rotatable bonds is 3. The van der Waals surface area contributed by atoms with E-state index in [0.717, 1.165) is 51.6 Å². The van der Waals surface area contributed by atoms with Gasteiger partial charge in [-0.1, -0.05) is 0 Å². The van der Waals surface area contributed by atoms with Crippen LogP contribution in [0.2, 0.25) is 0 Å². The van der Waals surface area contributed by atoms with Gasteiger partial charge in [-0.05, 0) is 50.7 Å². The molecule has 3 aliphatic heterocycles. The van der Waals surface area contributed by atoms with Crippen molar-refractivity contribution in [2.75, 3.05) is 13.1 Å². The van der Waals surface area contributed by atoms with Crippen molar-refractivity contribution in [3.8, 4) is 0 Å². The molecule has 3 aliphatic rings. The Morgan fingerprint density at radius 1 is 1.00 bits per heavy atom. The smallest absolute Gasteiger partial charge is 0.253 e. The van der Waals surface area contributed by atoms with Crippen LogP contribution in [0.25, 0.3) is 0 Å². The summed E-state index contributed by atoms with van der Waals surface area (Å²) >= 11 is 0. The molecule has 2 amide bonds. The van der Waals surface area contributed by atoms with Gasteiger partial charge in [0, 0.05) is 50.1 Å². The molecular formula is C20H27N3O3. The highest BCUT2D eigenvalue weighted by Crippen LogP contribution is 2.37. The van der Waals surface area contributed by atoms with Crippen molar-refractivity contribution in [3.63, 3.8) is 0 Å². The molecule has 3 atom stereocenters. The molecule has 26 heavy (non-hydrogen) atoms. The lowest BCUT2D eigenvalue weighted by molar-refractivity contribution is -0.138. The maximum atomic E-state index is 12.5. The van der Waals surface area contributed by atoms with Crippen molar-refractivity contribution in [2.24, 2.45) is 0 Å². The average molecular weight is 357 g/mol. The van der Waals surface area contributed by atoms with Crippen LogP contribution in [0.5, 0.6) is 0 Å². The van der Waals surface area contributed by atoms with Gasteiger partial charge in [-0.3, -0.25) is 14.6 Å². The van der Waals surface area contributed by atoms with Crippen LogP contribution in [-0.2, 0) is 9.53 Å². The molecule has 0 aromatic carbocycles. The Morgan fingerprint density at radius 3 is 2.19 bits per heavy atom. The van der Waals surface area contributed by atoms with E-state index in [1.54, 1.807) is 31.5 Å². The van der Waals surface area contributed by atoms with Crippen molar-refractivity contribution in [2.45, 2.75) is 69.7 Å². The van der Waals surface area contributed by atoms with Crippen molar-refractivity contribution < 1.29 is 14.3 Å². The van der Waals surface area contributed by atoms with E-state index in [0.29, 0.717) is 17.6 Å². The number of carbonyl (C=O) groups excluding carboxylic acids is 2. The number of nitrogens with zero attached hydrogens (tertiary/aromatic N) is 3. The van der Waals surface area contributed by atoms with Gasteiger partial charge in [-0.15, -0.1) is 0 Å². The Labute approximate surface area is 154 Å². The van der Waals surface area contributed by atoms with E-state index >= 15 is 0 Å². The minimum atomic E-state index is 0.0821. The summed E-state index contributed by atoms with van der Waals surface area (Å²) in [5.41, 5.74) is 0.701. The van der Waals surface area contributed by atoms with Gasteiger partial charge in [-0.2, -0.15) is 0 Å². The first kappa shape index (κ1) is 17.5. The molecule has 140 valence electrons. The van der Waals surface area contributed by atoms with E-state index in [2.05, 4.69) is 9.88 Å². The molecule has 1 unspecified atom stereocenters. The predicted molar refractivity (Wildman–Crippen MR) is 96.6 cm³/mol. The molecule has 0 N–H and O–H groups in total. The third kappa shape index (κ3) is 3.47. The monoisotopic (exact) mass is 357 g/mol. The number of hydrogen-bond acceptors (Lipinski definition) is 4. The average Bonchev–Trinajstić information content (AvgIpc) is 2.94. The maximum Gasteiger partial charge on any atom is 0.253 e. The Hall–Kier alpha value is -1.95. The molecule has 1 aromatic heterocycles. The van der Waals surface area contributed by atoms with Crippen LogP contribution in [-0.4, -0.2) is 64.0 Å². The number of ether oxygens (including phenoxy) is 1. The number of pyridine rings is 1. The summed E-state index contributed by atoms with van der Waals surface area (Å²) in [5, 5.41) is 0. The van der Waals surface area contributed by atoms with Gasteiger partial charge in [0.15, 0.2) is 0 Å². The second-order valence-electron chi connectivity index (χ2n) is 7.77. The number of amides is 2. The van der Waals surface area contributed by atoms with Crippen LogP contribution in [0.1, 0.15) is 55.8 Å². The zero-order valence-electron chi connectivity index (χ0n) is 15.3. The Bertz CT molecular complexity index is 644. The number of likely N-dealkylation sites (tertiary alicyclic amines) is 1. The number of carbonyl (C=O) groups is 2. The molecule has 6 nitrogen and oxygen atoms in total. The first-order valence-electron chi connectivity index (χ1n) is 9.75. The van der Waals surface area contributed by atoms with E-state index in [1.165, 1.54) is 0 Å². The predicted octanol–water partition coefficient (Wildman–Crippen LogP) is 2.24. The van der Waals surface area contributed by atoms with E-state index in [4.69, 9.17) is 4.74 Å². The lowest BCUT2D eigenvalue weighted by Crippen LogP contribution is -2.49. The minimum Gasteiger partial charge on any atom is -0.375 e. The lowest BCUT2D eigenvalue weighted by Gasteiger charge is -2.41. The summed E-state index contributed by atoms with van der Waals surface area (Å²) in [6, 6.07) is 4.27. The molecule has 3 saturated heterocycles.